The summed E-state index contributed by atoms with van der Waals surface area (Å²) in [5.74, 6) is -0.131. The van der Waals surface area contributed by atoms with Crippen LogP contribution in [0.1, 0.15) is 32.3 Å². The Hall–Kier alpha value is -1.56. The van der Waals surface area contributed by atoms with E-state index in [1.54, 1.807) is 18.2 Å². The van der Waals surface area contributed by atoms with Crippen molar-refractivity contribution in [2.75, 3.05) is 5.75 Å². The lowest BCUT2D eigenvalue weighted by molar-refractivity contribution is -0.129. The molecule has 1 aromatic rings. The molecule has 1 aliphatic rings. The summed E-state index contributed by atoms with van der Waals surface area (Å²) >= 11 is 1.41. The van der Waals surface area contributed by atoms with Crippen molar-refractivity contribution in [3.8, 4) is 0 Å². The molecule has 2 rings (SSSR count). The minimum atomic E-state index is -0.510. The van der Waals surface area contributed by atoms with Gasteiger partial charge >= 0.3 is 0 Å². The third kappa shape index (κ3) is 4.96. The van der Waals surface area contributed by atoms with Gasteiger partial charge in [-0.1, -0.05) is 31.5 Å². The monoisotopic (exact) mass is 338 g/mol. The Bertz CT molecular complexity index is 567. The van der Waals surface area contributed by atoms with Gasteiger partial charge in [0.15, 0.2) is 0 Å². The summed E-state index contributed by atoms with van der Waals surface area (Å²) in [6.07, 6.45) is 2.25. The molecule has 0 aliphatic carbocycles. The molecule has 23 heavy (non-hydrogen) atoms. The molecular formula is C17H23FN2O2S. The van der Waals surface area contributed by atoms with Crippen molar-refractivity contribution < 1.29 is 14.0 Å². The van der Waals surface area contributed by atoms with Gasteiger partial charge in [0, 0.05) is 11.8 Å². The normalized spacial score (nSPS) is 22.3. The fourth-order valence-electron chi connectivity index (χ4n) is 2.60. The number of nitrogens with one attached hydrogen (secondary N) is 2. The SMILES string of the molecule is CCC[C@H](C)NC(=O)[C@@H]1CS[C@@H](Cc2ccccc2F)C(=O)N1. The molecule has 1 fully saturated rings. The lowest BCUT2D eigenvalue weighted by Crippen LogP contribution is -2.55. The zero-order valence-corrected chi connectivity index (χ0v) is 14.3. The second-order valence-corrected chi connectivity index (χ2v) is 7.11. The third-order valence-electron chi connectivity index (χ3n) is 3.86. The Morgan fingerprint density at radius 3 is 2.87 bits per heavy atom. The first kappa shape index (κ1) is 17.8. The van der Waals surface area contributed by atoms with Crippen LogP contribution in [0.25, 0.3) is 0 Å². The molecule has 0 radical (unpaired) electrons. The number of amides is 2. The Morgan fingerprint density at radius 2 is 2.22 bits per heavy atom. The van der Waals surface area contributed by atoms with Crippen LogP contribution in [0.3, 0.4) is 0 Å². The fraction of sp³-hybridized carbons (Fsp3) is 0.529. The van der Waals surface area contributed by atoms with E-state index in [2.05, 4.69) is 17.6 Å². The number of benzene rings is 1. The predicted molar refractivity (Wildman–Crippen MR) is 90.8 cm³/mol. The van der Waals surface area contributed by atoms with Crippen molar-refractivity contribution in [1.82, 2.24) is 10.6 Å². The van der Waals surface area contributed by atoms with Crippen LogP contribution in [-0.2, 0) is 16.0 Å². The third-order valence-corrected chi connectivity index (χ3v) is 5.17. The van der Waals surface area contributed by atoms with Crippen molar-refractivity contribution in [2.24, 2.45) is 0 Å². The van der Waals surface area contributed by atoms with Crippen LogP contribution in [0, 0.1) is 5.82 Å². The highest BCUT2D eigenvalue weighted by molar-refractivity contribution is 8.00. The number of thioether (sulfide) groups is 1. The van der Waals surface area contributed by atoms with Gasteiger partial charge in [0.1, 0.15) is 11.9 Å². The maximum atomic E-state index is 13.7. The topological polar surface area (TPSA) is 58.2 Å². The molecule has 2 amide bonds. The summed E-state index contributed by atoms with van der Waals surface area (Å²) in [7, 11) is 0. The Kier molecular flexibility index (Phi) is 6.45. The standard InChI is InChI=1S/C17H23FN2O2S/c1-3-6-11(2)19-16(21)14-10-23-15(17(22)20-14)9-12-7-4-5-8-13(12)18/h4-5,7-8,11,14-15H,3,6,9-10H2,1-2H3,(H,19,21)(H,20,22)/t11-,14-,15-/m0/s1. The average Bonchev–Trinajstić information content (AvgIpc) is 2.51. The van der Waals surface area contributed by atoms with Gasteiger partial charge in [-0.05, 0) is 31.4 Å². The van der Waals surface area contributed by atoms with Gasteiger partial charge in [-0.3, -0.25) is 9.59 Å². The largest absolute Gasteiger partial charge is 0.352 e. The van der Waals surface area contributed by atoms with Crippen molar-refractivity contribution in [3.63, 3.8) is 0 Å². The first-order valence-corrected chi connectivity index (χ1v) is 9.02. The zero-order chi connectivity index (χ0) is 16.8. The van der Waals surface area contributed by atoms with Crippen LogP contribution in [-0.4, -0.2) is 34.9 Å². The Morgan fingerprint density at radius 1 is 1.48 bits per heavy atom. The molecule has 0 spiro atoms. The first-order valence-electron chi connectivity index (χ1n) is 7.97. The molecule has 0 saturated carbocycles. The molecule has 6 heteroatoms. The van der Waals surface area contributed by atoms with Gasteiger partial charge < -0.3 is 10.6 Å². The van der Waals surface area contributed by atoms with E-state index in [0.29, 0.717) is 17.7 Å². The molecule has 126 valence electrons. The van der Waals surface area contributed by atoms with E-state index in [4.69, 9.17) is 0 Å². The van der Waals surface area contributed by atoms with Crippen LogP contribution < -0.4 is 10.6 Å². The molecular weight excluding hydrogens is 315 g/mol. The number of halogens is 1. The van der Waals surface area contributed by atoms with E-state index >= 15 is 0 Å². The van der Waals surface area contributed by atoms with Gasteiger partial charge in [0.05, 0.1) is 5.25 Å². The van der Waals surface area contributed by atoms with E-state index in [0.717, 1.165) is 12.8 Å². The van der Waals surface area contributed by atoms with Crippen molar-refractivity contribution in [3.05, 3.63) is 35.6 Å². The maximum absolute atomic E-state index is 13.7. The van der Waals surface area contributed by atoms with Crippen molar-refractivity contribution in [1.29, 1.82) is 0 Å². The van der Waals surface area contributed by atoms with E-state index in [1.807, 2.05) is 6.92 Å². The van der Waals surface area contributed by atoms with Gasteiger partial charge in [-0.15, -0.1) is 11.8 Å². The van der Waals surface area contributed by atoms with Gasteiger partial charge in [-0.25, -0.2) is 4.39 Å². The number of hydrogen-bond donors (Lipinski definition) is 2. The Balaban J connectivity index is 1.88. The number of rotatable bonds is 6. The van der Waals surface area contributed by atoms with Crippen molar-refractivity contribution in [2.45, 2.75) is 50.4 Å². The zero-order valence-electron chi connectivity index (χ0n) is 13.5. The molecule has 0 aromatic heterocycles. The van der Waals surface area contributed by atoms with E-state index < -0.39 is 6.04 Å². The second-order valence-electron chi connectivity index (χ2n) is 5.88. The smallest absolute Gasteiger partial charge is 0.243 e. The summed E-state index contributed by atoms with van der Waals surface area (Å²) in [6.45, 7) is 4.02. The summed E-state index contributed by atoms with van der Waals surface area (Å²) < 4.78 is 13.7. The lowest BCUT2D eigenvalue weighted by atomic mass is 10.1. The molecule has 3 atom stereocenters. The van der Waals surface area contributed by atoms with E-state index in [9.17, 15) is 14.0 Å². The summed E-state index contributed by atoms with van der Waals surface area (Å²) in [6, 6.07) is 6.06. The van der Waals surface area contributed by atoms with Crippen LogP contribution >= 0.6 is 11.8 Å². The quantitative estimate of drug-likeness (QED) is 0.837. The summed E-state index contributed by atoms with van der Waals surface area (Å²) in [4.78, 5) is 24.4. The highest BCUT2D eigenvalue weighted by atomic mass is 32.2. The highest BCUT2D eigenvalue weighted by Crippen LogP contribution is 2.23. The molecule has 0 bridgehead atoms. The minimum absolute atomic E-state index is 0.102. The van der Waals surface area contributed by atoms with Crippen LogP contribution in [0.5, 0.6) is 0 Å². The summed E-state index contributed by atoms with van der Waals surface area (Å²) in [5, 5.41) is 5.32. The minimum Gasteiger partial charge on any atom is -0.352 e. The fourth-order valence-corrected chi connectivity index (χ4v) is 3.78. The molecule has 1 saturated heterocycles. The van der Waals surface area contributed by atoms with Gasteiger partial charge in [0.2, 0.25) is 11.8 Å². The molecule has 1 heterocycles. The van der Waals surface area contributed by atoms with Gasteiger partial charge in [-0.2, -0.15) is 0 Å². The number of hydrogen-bond acceptors (Lipinski definition) is 3. The van der Waals surface area contributed by atoms with Crippen LogP contribution in [0.4, 0.5) is 4.39 Å². The molecule has 1 aliphatic heterocycles. The highest BCUT2D eigenvalue weighted by Gasteiger charge is 2.33. The second kappa shape index (κ2) is 8.34. The molecule has 2 N–H and O–H groups in total. The predicted octanol–water partition coefficient (Wildman–Crippen LogP) is 2.27. The van der Waals surface area contributed by atoms with Crippen LogP contribution in [0.15, 0.2) is 24.3 Å². The number of carbonyl (C=O) groups excluding carboxylic acids is 2. The lowest BCUT2D eigenvalue weighted by Gasteiger charge is -2.29. The van der Waals surface area contributed by atoms with Crippen LogP contribution in [0.2, 0.25) is 0 Å². The summed E-state index contributed by atoms with van der Waals surface area (Å²) in [5.41, 5.74) is 0.527. The Labute approximate surface area is 140 Å². The van der Waals surface area contributed by atoms with Crippen molar-refractivity contribution >= 4 is 23.6 Å². The van der Waals surface area contributed by atoms with E-state index in [-0.39, 0.29) is 28.9 Å². The molecule has 0 unspecified atom stereocenters. The molecule has 1 aromatic carbocycles. The number of carbonyl (C=O) groups is 2. The molecule has 4 nitrogen and oxygen atoms in total. The van der Waals surface area contributed by atoms with E-state index in [1.165, 1.54) is 17.8 Å². The maximum Gasteiger partial charge on any atom is 0.243 e. The average molecular weight is 338 g/mol. The van der Waals surface area contributed by atoms with Gasteiger partial charge in [0.25, 0.3) is 0 Å². The first-order chi connectivity index (χ1) is 11.0.